The summed E-state index contributed by atoms with van der Waals surface area (Å²) in [5.41, 5.74) is 0.309. The van der Waals surface area contributed by atoms with E-state index < -0.39 is 0 Å². The summed E-state index contributed by atoms with van der Waals surface area (Å²) in [6.07, 6.45) is 3.96. The van der Waals surface area contributed by atoms with Crippen LogP contribution in [0.15, 0.2) is 0 Å². The van der Waals surface area contributed by atoms with Crippen molar-refractivity contribution in [1.29, 1.82) is 0 Å². The van der Waals surface area contributed by atoms with Crippen LogP contribution in [0.2, 0.25) is 0 Å². The van der Waals surface area contributed by atoms with Crippen LogP contribution >= 0.6 is 0 Å². The molecular formula is C13H28N2. The predicted molar refractivity (Wildman–Crippen MR) is 67.2 cm³/mol. The van der Waals surface area contributed by atoms with Gasteiger partial charge in [-0.15, -0.1) is 0 Å². The largest absolute Gasteiger partial charge is 0.311 e. The smallest absolute Gasteiger partial charge is 0.0123 e. The lowest BCUT2D eigenvalue weighted by Crippen LogP contribution is -2.42. The molecular weight excluding hydrogens is 184 g/mol. The van der Waals surface area contributed by atoms with Crippen LogP contribution in [0, 0.1) is 5.92 Å². The number of nitrogens with zero attached hydrogens (tertiary/aromatic N) is 1. The van der Waals surface area contributed by atoms with E-state index in [1.165, 1.54) is 38.9 Å². The van der Waals surface area contributed by atoms with Gasteiger partial charge in [-0.3, -0.25) is 0 Å². The Kier molecular flexibility index (Phi) is 5.07. The van der Waals surface area contributed by atoms with Gasteiger partial charge in [-0.05, 0) is 39.2 Å². The van der Waals surface area contributed by atoms with Gasteiger partial charge in [0.25, 0.3) is 0 Å². The summed E-state index contributed by atoms with van der Waals surface area (Å²) in [7, 11) is 0. The number of hydrogen-bond donors (Lipinski definition) is 1. The van der Waals surface area contributed by atoms with E-state index in [0.29, 0.717) is 5.54 Å². The lowest BCUT2D eigenvalue weighted by Gasteiger charge is -2.26. The van der Waals surface area contributed by atoms with Crippen molar-refractivity contribution < 1.29 is 0 Å². The molecule has 1 fully saturated rings. The molecule has 0 spiro atoms. The molecule has 1 atom stereocenters. The molecule has 2 heteroatoms. The minimum atomic E-state index is 0.309. The molecule has 1 aliphatic heterocycles. The minimum absolute atomic E-state index is 0.309. The predicted octanol–water partition coefficient (Wildman–Crippen LogP) is 2.50. The van der Waals surface area contributed by atoms with Gasteiger partial charge in [0.15, 0.2) is 0 Å². The highest BCUT2D eigenvalue weighted by Gasteiger charge is 2.21. The van der Waals surface area contributed by atoms with Gasteiger partial charge in [-0.25, -0.2) is 0 Å². The molecule has 0 saturated carbocycles. The molecule has 1 N–H and O–H groups in total. The summed E-state index contributed by atoms with van der Waals surface area (Å²) in [5, 5.41) is 3.63. The molecule has 90 valence electrons. The lowest BCUT2D eigenvalue weighted by molar-refractivity contribution is 0.291. The van der Waals surface area contributed by atoms with Crippen molar-refractivity contribution in [3.63, 3.8) is 0 Å². The Morgan fingerprint density at radius 3 is 2.60 bits per heavy atom. The Balaban J connectivity index is 2.11. The maximum Gasteiger partial charge on any atom is 0.0123 e. The second-order valence-corrected chi connectivity index (χ2v) is 5.53. The molecule has 1 heterocycles. The third-order valence-corrected chi connectivity index (χ3v) is 3.86. The van der Waals surface area contributed by atoms with Crippen LogP contribution in [0.3, 0.4) is 0 Å². The number of nitrogens with one attached hydrogen (secondary N) is 1. The van der Waals surface area contributed by atoms with Gasteiger partial charge in [-0.2, -0.15) is 0 Å². The highest BCUT2D eigenvalue weighted by Crippen LogP contribution is 2.18. The molecule has 1 saturated heterocycles. The fourth-order valence-electron chi connectivity index (χ4n) is 2.13. The second-order valence-electron chi connectivity index (χ2n) is 5.53. The van der Waals surface area contributed by atoms with Crippen LogP contribution in [0.25, 0.3) is 0 Å². The van der Waals surface area contributed by atoms with E-state index in [2.05, 4.69) is 37.9 Å². The number of likely N-dealkylation sites (tertiary alicyclic amines) is 1. The SMILES string of the molecule is CCC1CCN(CCNC(C)(C)CC)C1. The summed E-state index contributed by atoms with van der Waals surface area (Å²) >= 11 is 0. The van der Waals surface area contributed by atoms with E-state index in [-0.39, 0.29) is 0 Å². The molecule has 0 aliphatic carbocycles. The van der Waals surface area contributed by atoms with Crippen molar-refractivity contribution in [2.75, 3.05) is 26.2 Å². The first-order valence-electron chi connectivity index (χ1n) is 6.54. The van der Waals surface area contributed by atoms with Crippen molar-refractivity contribution >= 4 is 0 Å². The third-order valence-electron chi connectivity index (χ3n) is 3.86. The van der Waals surface area contributed by atoms with Crippen LogP contribution < -0.4 is 5.32 Å². The minimum Gasteiger partial charge on any atom is -0.311 e. The maximum atomic E-state index is 3.63. The van der Waals surface area contributed by atoms with Gasteiger partial charge in [-0.1, -0.05) is 20.3 Å². The summed E-state index contributed by atoms with van der Waals surface area (Å²) in [4.78, 5) is 2.60. The van der Waals surface area contributed by atoms with Gasteiger partial charge in [0, 0.05) is 25.2 Å². The zero-order chi connectivity index (χ0) is 11.3. The molecule has 0 aromatic rings. The molecule has 15 heavy (non-hydrogen) atoms. The fourth-order valence-corrected chi connectivity index (χ4v) is 2.13. The van der Waals surface area contributed by atoms with Crippen molar-refractivity contribution in [1.82, 2.24) is 10.2 Å². The topological polar surface area (TPSA) is 15.3 Å². The summed E-state index contributed by atoms with van der Waals surface area (Å²) in [5.74, 6) is 0.962. The van der Waals surface area contributed by atoms with E-state index in [1.807, 2.05) is 0 Å². The summed E-state index contributed by atoms with van der Waals surface area (Å²) < 4.78 is 0. The van der Waals surface area contributed by atoms with Crippen LogP contribution in [0.5, 0.6) is 0 Å². The summed E-state index contributed by atoms with van der Waals surface area (Å²) in [6.45, 7) is 14.1. The molecule has 0 aromatic carbocycles. The van der Waals surface area contributed by atoms with Crippen molar-refractivity contribution in [2.24, 2.45) is 5.92 Å². The van der Waals surface area contributed by atoms with E-state index in [0.717, 1.165) is 12.5 Å². The van der Waals surface area contributed by atoms with Gasteiger partial charge in [0.2, 0.25) is 0 Å². The molecule has 2 nitrogen and oxygen atoms in total. The standard InChI is InChI=1S/C13H28N2/c1-5-12-7-9-15(11-12)10-8-14-13(3,4)6-2/h12,14H,5-11H2,1-4H3. The third kappa shape index (κ3) is 4.52. The monoisotopic (exact) mass is 212 g/mol. The first-order chi connectivity index (χ1) is 7.07. The van der Waals surface area contributed by atoms with Crippen LogP contribution in [0.4, 0.5) is 0 Å². The molecule has 0 bridgehead atoms. The van der Waals surface area contributed by atoms with Crippen LogP contribution in [-0.2, 0) is 0 Å². The lowest BCUT2D eigenvalue weighted by atomic mass is 10.0. The van der Waals surface area contributed by atoms with Gasteiger partial charge in [0.1, 0.15) is 0 Å². The van der Waals surface area contributed by atoms with Gasteiger partial charge in [0.05, 0.1) is 0 Å². The van der Waals surface area contributed by atoms with E-state index in [9.17, 15) is 0 Å². The molecule has 1 unspecified atom stereocenters. The first-order valence-corrected chi connectivity index (χ1v) is 6.54. The molecule has 0 radical (unpaired) electrons. The molecule has 0 aromatic heterocycles. The Bertz CT molecular complexity index is 177. The Morgan fingerprint density at radius 1 is 1.33 bits per heavy atom. The van der Waals surface area contributed by atoms with Gasteiger partial charge < -0.3 is 10.2 Å². The molecule has 1 rings (SSSR count). The maximum absolute atomic E-state index is 3.63. The average Bonchev–Trinajstić information content (AvgIpc) is 2.66. The normalized spacial score (nSPS) is 23.6. The Morgan fingerprint density at radius 2 is 2.07 bits per heavy atom. The second kappa shape index (κ2) is 5.86. The Labute approximate surface area is 95.4 Å². The summed E-state index contributed by atoms with van der Waals surface area (Å²) in [6, 6.07) is 0. The van der Waals surface area contributed by atoms with Crippen molar-refractivity contribution in [3.8, 4) is 0 Å². The van der Waals surface area contributed by atoms with Crippen molar-refractivity contribution in [3.05, 3.63) is 0 Å². The quantitative estimate of drug-likeness (QED) is 0.728. The van der Waals surface area contributed by atoms with E-state index >= 15 is 0 Å². The van der Waals surface area contributed by atoms with E-state index in [4.69, 9.17) is 0 Å². The molecule has 0 amide bonds. The van der Waals surface area contributed by atoms with Crippen LogP contribution in [0.1, 0.15) is 47.0 Å². The number of hydrogen-bond acceptors (Lipinski definition) is 2. The Hall–Kier alpha value is -0.0800. The fraction of sp³-hybridized carbons (Fsp3) is 1.00. The zero-order valence-electron chi connectivity index (χ0n) is 11.0. The number of rotatable bonds is 6. The van der Waals surface area contributed by atoms with Crippen molar-refractivity contribution in [2.45, 2.75) is 52.5 Å². The first kappa shape index (κ1) is 13.0. The van der Waals surface area contributed by atoms with Gasteiger partial charge >= 0.3 is 0 Å². The molecule has 1 aliphatic rings. The van der Waals surface area contributed by atoms with E-state index in [1.54, 1.807) is 0 Å². The average molecular weight is 212 g/mol. The van der Waals surface area contributed by atoms with Crippen LogP contribution in [-0.4, -0.2) is 36.6 Å². The highest BCUT2D eigenvalue weighted by atomic mass is 15.2. The highest BCUT2D eigenvalue weighted by molar-refractivity contribution is 4.78. The zero-order valence-corrected chi connectivity index (χ0v) is 11.0.